The fraction of sp³-hybridized carbons (Fsp3) is 0.609. The number of phosphoric ester groups is 1. The molecule has 0 aliphatic rings. The molecule has 3 atom stereocenters. The molecule has 0 saturated heterocycles. The summed E-state index contributed by atoms with van der Waals surface area (Å²) >= 11 is 0. The minimum absolute atomic E-state index is 0.0206. The second kappa shape index (κ2) is 56.8. The van der Waals surface area contributed by atoms with Gasteiger partial charge in [0.05, 0.1) is 19.8 Å². The highest BCUT2D eigenvalue weighted by Crippen LogP contribution is 2.43. The van der Waals surface area contributed by atoms with Crippen molar-refractivity contribution in [3.63, 3.8) is 0 Å². The lowest BCUT2D eigenvalue weighted by Gasteiger charge is -2.21. The molecule has 0 saturated carbocycles. The van der Waals surface area contributed by atoms with Gasteiger partial charge in [0.2, 0.25) is 0 Å². The molecule has 0 heterocycles. The summed E-state index contributed by atoms with van der Waals surface area (Å²) in [5.41, 5.74) is 0. The molecule has 0 rings (SSSR count). The minimum Gasteiger partial charge on any atom is -0.462 e. The van der Waals surface area contributed by atoms with Gasteiger partial charge in [0, 0.05) is 19.3 Å². The van der Waals surface area contributed by atoms with Crippen molar-refractivity contribution < 1.29 is 52.2 Å². The molecule has 0 aromatic carbocycles. The molecule has 0 aliphatic carbocycles. The minimum atomic E-state index is -4.79. The zero-order valence-electron chi connectivity index (χ0n) is 47.4. The quantitative estimate of drug-likeness (QED) is 0.0197. The van der Waals surface area contributed by atoms with E-state index in [2.05, 4.69) is 130 Å². The van der Waals surface area contributed by atoms with Crippen molar-refractivity contribution in [2.24, 2.45) is 0 Å². The highest BCUT2D eigenvalue weighted by molar-refractivity contribution is 7.47. The Labute approximate surface area is 461 Å². The molecule has 0 aliphatic heterocycles. The normalized spacial score (nSPS) is 14.3. The summed E-state index contributed by atoms with van der Waals surface area (Å²) < 4.78 is 39.3. The van der Waals surface area contributed by atoms with Crippen molar-refractivity contribution in [3.8, 4) is 0 Å². The summed E-state index contributed by atoms with van der Waals surface area (Å²) in [5.74, 6) is -1.68. The first-order valence-electron chi connectivity index (χ1n) is 29.1. The Morgan fingerprint density at radius 3 is 1.13 bits per heavy atom. The Balaban J connectivity index is 4.88. The maximum absolute atomic E-state index is 12.9. The van der Waals surface area contributed by atoms with E-state index in [0.717, 1.165) is 89.9 Å². The molecule has 3 unspecified atom stereocenters. The van der Waals surface area contributed by atoms with E-state index in [1.807, 2.05) is 24.3 Å². The zero-order chi connectivity index (χ0) is 55.5. The van der Waals surface area contributed by atoms with Crippen LogP contribution in [0.25, 0.3) is 0 Å². The van der Waals surface area contributed by atoms with Gasteiger partial charge in [-0.3, -0.25) is 23.4 Å². The van der Waals surface area contributed by atoms with E-state index in [9.17, 15) is 28.9 Å². The molecule has 0 bridgehead atoms. The number of ether oxygens (including phenoxy) is 3. The van der Waals surface area contributed by atoms with E-state index in [-0.39, 0.29) is 19.3 Å². The summed E-state index contributed by atoms with van der Waals surface area (Å²) in [5, 5.41) is 9.82. The van der Waals surface area contributed by atoms with Crippen LogP contribution in [-0.4, -0.2) is 66.5 Å². The first-order chi connectivity index (χ1) is 37.2. The number of hydrogen-bond acceptors (Lipinski definition) is 10. The SMILES string of the molecule is CC/C=C\C/C=C\C/C=C\C/C=C\C/C=C\C/C=C\CCC(=O)OC(COC(=O)CC/C=C\C/C=C\C/C=C\C/C=C\CC)COP(=O)(O)OCC(CO)OC(=O)CCCCCCCCC/C=C\CCCCCCCC. The molecule has 0 aromatic heterocycles. The van der Waals surface area contributed by atoms with E-state index >= 15 is 0 Å². The Hall–Kier alpha value is -4.38. The highest BCUT2D eigenvalue weighted by Gasteiger charge is 2.28. The molecule has 0 radical (unpaired) electrons. The van der Waals surface area contributed by atoms with E-state index in [1.165, 1.54) is 57.8 Å². The average Bonchev–Trinajstić information content (AvgIpc) is 3.41. The molecule has 12 heteroatoms. The molecule has 0 aromatic rings. The van der Waals surface area contributed by atoms with Crippen molar-refractivity contribution in [1.82, 2.24) is 0 Å². The smallest absolute Gasteiger partial charge is 0.462 e. The van der Waals surface area contributed by atoms with Crippen molar-refractivity contribution in [3.05, 3.63) is 134 Å². The second-order valence-electron chi connectivity index (χ2n) is 18.7. The summed E-state index contributed by atoms with van der Waals surface area (Å²) in [6, 6.07) is 0. The predicted octanol–water partition coefficient (Wildman–Crippen LogP) is 17.4. The van der Waals surface area contributed by atoms with Gasteiger partial charge in [-0.15, -0.1) is 0 Å². The second-order valence-corrected chi connectivity index (χ2v) is 20.1. The van der Waals surface area contributed by atoms with Gasteiger partial charge in [-0.2, -0.15) is 0 Å². The number of hydrogen-bond donors (Lipinski definition) is 2. The maximum Gasteiger partial charge on any atom is 0.472 e. The van der Waals surface area contributed by atoms with E-state index in [1.54, 1.807) is 0 Å². The number of phosphoric acid groups is 1. The zero-order valence-corrected chi connectivity index (χ0v) is 48.3. The van der Waals surface area contributed by atoms with Crippen LogP contribution in [0, 0.1) is 0 Å². The molecule has 2 N–H and O–H groups in total. The topological polar surface area (TPSA) is 155 Å². The Morgan fingerprint density at radius 1 is 0.382 bits per heavy atom. The van der Waals surface area contributed by atoms with Crippen molar-refractivity contribution in [1.29, 1.82) is 0 Å². The number of carbonyl (C=O) groups is 3. The van der Waals surface area contributed by atoms with Crippen molar-refractivity contribution in [2.75, 3.05) is 26.4 Å². The number of carbonyl (C=O) groups excluding carboxylic acids is 3. The fourth-order valence-electron chi connectivity index (χ4n) is 7.21. The van der Waals surface area contributed by atoms with Gasteiger partial charge < -0.3 is 24.2 Å². The van der Waals surface area contributed by atoms with Gasteiger partial charge in [0.15, 0.2) is 6.10 Å². The monoisotopic (exact) mass is 1080 g/mol. The summed E-state index contributed by atoms with van der Waals surface area (Å²) in [4.78, 5) is 48.5. The van der Waals surface area contributed by atoms with Crippen LogP contribution in [-0.2, 0) is 42.2 Å². The van der Waals surface area contributed by atoms with E-state index in [0.29, 0.717) is 25.7 Å². The molecule has 76 heavy (non-hydrogen) atoms. The Morgan fingerprint density at radius 2 is 0.711 bits per heavy atom. The van der Waals surface area contributed by atoms with Crippen LogP contribution in [0.5, 0.6) is 0 Å². The number of unbranched alkanes of at least 4 members (excludes halogenated alkanes) is 13. The van der Waals surface area contributed by atoms with Crippen LogP contribution in [0.3, 0.4) is 0 Å². The average molecular weight is 1080 g/mol. The van der Waals surface area contributed by atoms with Crippen LogP contribution >= 0.6 is 7.82 Å². The molecule has 0 fully saturated rings. The van der Waals surface area contributed by atoms with Gasteiger partial charge in [-0.05, 0) is 109 Å². The fourth-order valence-corrected chi connectivity index (χ4v) is 8.00. The third kappa shape index (κ3) is 54.4. The molecular formula is C64H103O11P. The largest absolute Gasteiger partial charge is 0.472 e. The van der Waals surface area contributed by atoms with Crippen LogP contribution in [0.4, 0.5) is 0 Å². The van der Waals surface area contributed by atoms with Gasteiger partial charge in [-0.25, -0.2) is 4.57 Å². The molecule has 0 amide bonds. The molecule has 11 nitrogen and oxygen atoms in total. The summed E-state index contributed by atoms with van der Waals surface area (Å²) in [6.07, 6.45) is 71.6. The van der Waals surface area contributed by atoms with Gasteiger partial charge in [0.25, 0.3) is 0 Å². The number of allylic oxidation sites excluding steroid dienone is 22. The lowest BCUT2D eigenvalue weighted by molar-refractivity contribution is -0.161. The lowest BCUT2D eigenvalue weighted by atomic mass is 10.1. The van der Waals surface area contributed by atoms with E-state index in [4.69, 9.17) is 23.3 Å². The third-order valence-corrected chi connectivity index (χ3v) is 12.5. The standard InChI is InChI=1S/C64H103O11P/c1-4-7-10-13-16-19-22-25-27-29-30-32-34-37-40-43-46-49-52-55-64(68)75-61(57-71-62(66)53-50-47-44-41-38-35-24-21-18-15-12-9-6-3)59-73-76(69,70)72-58-60(56-65)74-63(67)54-51-48-45-42-39-36-33-31-28-26-23-20-17-14-11-8-5-2/h7,9-10,12,16,18-19,21,25-28,30,32,35,37-38,40,44,46-47,49,60-61,65H,4-6,8,11,13-15,17,20,22-24,29,31,33-34,36,39,41-43,45,48,50-59H2,1-3H3,(H,69,70)/b10-7-,12-9-,19-16-,21-18-,27-25-,28-26-,32-30-,38-35-,40-37-,47-44-,49-46-. The summed E-state index contributed by atoms with van der Waals surface area (Å²) in [6.45, 7) is 4.22. The first-order valence-corrected chi connectivity index (χ1v) is 30.6. The molecular weight excluding hydrogens is 976 g/mol. The van der Waals surface area contributed by atoms with Crippen LogP contribution < -0.4 is 0 Å². The maximum atomic E-state index is 12.9. The van der Waals surface area contributed by atoms with Crippen molar-refractivity contribution in [2.45, 2.75) is 226 Å². The van der Waals surface area contributed by atoms with Gasteiger partial charge >= 0.3 is 25.7 Å². The lowest BCUT2D eigenvalue weighted by Crippen LogP contribution is -2.30. The highest BCUT2D eigenvalue weighted by atomic mass is 31.2. The number of aliphatic hydroxyl groups excluding tert-OH is 1. The number of rotatable bonds is 52. The van der Waals surface area contributed by atoms with E-state index < -0.39 is 64.4 Å². The van der Waals surface area contributed by atoms with Gasteiger partial charge in [0.1, 0.15) is 12.7 Å². The molecule has 430 valence electrons. The first kappa shape index (κ1) is 71.6. The number of aliphatic hydroxyl groups is 1. The van der Waals surface area contributed by atoms with Gasteiger partial charge in [-0.1, -0.05) is 219 Å². The van der Waals surface area contributed by atoms with Crippen LogP contribution in [0.2, 0.25) is 0 Å². The predicted molar refractivity (Wildman–Crippen MR) is 316 cm³/mol. The third-order valence-electron chi connectivity index (χ3n) is 11.6. The Bertz CT molecular complexity index is 1780. The Kier molecular flexibility index (Phi) is 53.5. The van der Waals surface area contributed by atoms with Crippen LogP contribution in [0.15, 0.2) is 134 Å². The summed E-state index contributed by atoms with van der Waals surface area (Å²) in [7, 11) is -4.79. The van der Waals surface area contributed by atoms with Crippen LogP contribution in [0.1, 0.15) is 213 Å². The number of esters is 3. The van der Waals surface area contributed by atoms with Crippen molar-refractivity contribution >= 4 is 25.7 Å². The molecule has 0 spiro atoms.